The van der Waals surface area contributed by atoms with Gasteiger partial charge in [-0.25, -0.2) is 0 Å². The molecule has 3 heteroatoms. The molecule has 2 aromatic rings. The summed E-state index contributed by atoms with van der Waals surface area (Å²) in [5, 5.41) is 10.7. The van der Waals surface area contributed by atoms with E-state index >= 15 is 0 Å². The third-order valence-corrected chi connectivity index (χ3v) is 4.34. The van der Waals surface area contributed by atoms with Crippen LogP contribution in [-0.4, -0.2) is 5.11 Å². The van der Waals surface area contributed by atoms with Crippen molar-refractivity contribution < 1.29 is 5.11 Å². The Morgan fingerprint density at radius 1 is 1.46 bits per heavy atom. The average molecular weight is 304 g/mol. The van der Waals surface area contributed by atoms with Gasteiger partial charge in [-0.1, -0.05) is 19.1 Å². The number of aromatic hydroxyl groups is 1. The summed E-state index contributed by atoms with van der Waals surface area (Å²) in [7, 11) is 0. The molecule has 1 aromatic heterocycles. The van der Waals surface area contributed by atoms with Crippen LogP contribution in [0.4, 0.5) is 0 Å². The molecule has 0 spiro atoms. The zero-order chi connectivity index (χ0) is 9.42. The first-order valence-corrected chi connectivity index (χ1v) is 6.02. The van der Waals surface area contributed by atoms with Crippen LogP contribution in [0.15, 0.2) is 18.2 Å². The summed E-state index contributed by atoms with van der Waals surface area (Å²) in [4.78, 5) is 0. The first-order chi connectivity index (χ1) is 6.24. The summed E-state index contributed by atoms with van der Waals surface area (Å²) >= 11 is 3.85. The Balaban J connectivity index is 2.84. The molecule has 1 N–H and O–H groups in total. The summed E-state index contributed by atoms with van der Waals surface area (Å²) in [6, 6.07) is 6.10. The Bertz CT molecular complexity index is 447. The smallest absolute Gasteiger partial charge is 0.147 e. The Morgan fingerprint density at radius 3 is 2.92 bits per heavy atom. The van der Waals surface area contributed by atoms with Gasteiger partial charge in [-0.05, 0) is 40.6 Å². The van der Waals surface area contributed by atoms with Gasteiger partial charge in [0.05, 0.1) is 0 Å². The Kier molecular flexibility index (Phi) is 2.47. The molecule has 1 nitrogen and oxygen atoms in total. The van der Waals surface area contributed by atoms with Gasteiger partial charge in [0.1, 0.15) is 8.63 Å². The van der Waals surface area contributed by atoms with Crippen molar-refractivity contribution in [2.24, 2.45) is 0 Å². The van der Waals surface area contributed by atoms with Gasteiger partial charge in [-0.3, -0.25) is 0 Å². The third-order valence-electron chi connectivity index (χ3n) is 2.11. The summed E-state index contributed by atoms with van der Waals surface area (Å²) in [5.41, 5.74) is 1.32. The molecule has 0 aliphatic rings. The predicted molar refractivity (Wildman–Crippen MR) is 65.6 cm³/mol. The number of fused-ring (bicyclic) bond motifs is 1. The molecular formula is C10H9IOS. The van der Waals surface area contributed by atoms with Crippen LogP contribution >= 0.6 is 33.9 Å². The van der Waals surface area contributed by atoms with Crippen LogP contribution < -0.4 is 0 Å². The van der Waals surface area contributed by atoms with Crippen LogP contribution in [0.3, 0.4) is 0 Å². The zero-order valence-electron chi connectivity index (χ0n) is 7.17. The topological polar surface area (TPSA) is 20.2 Å². The Hall–Kier alpha value is -0.290. The SMILES string of the molecule is CCc1cccc2c(O)c(I)sc12. The number of halogens is 1. The van der Waals surface area contributed by atoms with Gasteiger partial charge in [-0.2, -0.15) is 0 Å². The second kappa shape index (κ2) is 3.46. The summed E-state index contributed by atoms with van der Waals surface area (Å²) < 4.78 is 2.21. The largest absolute Gasteiger partial charge is 0.505 e. The highest BCUT2D eigenvalue weighted by Gasteiger charge is 2.10. The summed E-state index contributed by atoms with van der Waals surface area (Å²) in [6.07, 6.45) is 1.02. The molecule has 0 aliphatic carbocycles. The van der Waals surface area contributed by atoms with E-state index in [9.17, 15) is 5.11 Å². The summed E-state index contributed by atoms with van der Waals surface area (Å²) in [6.45, 7) is 2.14. The van der Waals surface area contributed by atoms with Crippen molar-refractivity contribution in [3.05, 3.63) is 26.6 Å². The van der Waals surface area contributed by atoms with Crippen molar-refractivity contribution in [1.29, 1.82) is 0 Å². The lowest BCUT2D eigenvalue weighted by atomic mass is 10.1. The van der Waals surface area contributed by atoms with Gasteiger partial charge in [-0.15, -0.1) is 11.3 Å². The highest BCUT2D eigenvalue weighted by molar-refractivity contribution is 14.1. The van der Waals surface area contributed by atoms with E-state index in [0.717, 1.165) is 14.7 Å². The predicted octanol–water partition coefficient (Wildman–Crippen LogP) is 3.77. The highest BCUT2D eigenvalue weighted by atomic mass is 127. The van der Waals surface area contributed by atoms with E-state index < -0.39 is 0 Å². The van der Waals surface area contributed by atoms with Crippen molar-refractivity contribution in [1.82, 2.24) is 0 Å². The molecular weight excluding hydrogens is 295 g/mol. The molecule has 0 saturated carbocycles. The fourth-order valence-electron chi connectivity index (χ4n) is 1.41. The minimum absolute atomic E-state index is 0.441. The zero-order valence-corrected chi connectivity index (χ0v) is 10.1. The van der Waals surface area contributed by atoms with Crippen LogP contribution in [0.25, 0.3) is 10.1 Å². The molecule has 1 aromatic carbocycles. The molecule has 0 atom stereocenters. The number of thiophene rings is 1. The number of rotatable bonds is 1. The van der Waals surface area contributed by atoms with Crippen molar-refractivity contribution >= 4 is 44.0 Å². The lowest BCUT2D eigenvalue weighted by Gasteiger charge is -1.97. The Morgan fingerprint density at radius 2 is 2.23 bits per heavy atom. The quantitative estimate of drug-likeness (QED) is 0.795. The minimum atomic E-state index is 0.441. The standard InChI is InChI=1S/C10H9IOS/c1-2-6-4-3-5-7-8(12)10(11)13-9(6)7/h3-5,12H,2H2,1H3. The molecule has 0 aliphatic heterocycles. The molecule has 2 rings (SSSR count). The molecule has 0 amide bonds. The maximum Gasteiger partial charge on any atom is 0.147 e. The van der Waals surface area contributed by atoms with Crippen molar-refractivity contribution in [2.45, 2.75) is 13.3 Å². The molecule has 1 heterocycles. The first kappa shape index (κ1) is 9.27. The molecule has 0 unspecified atom stereocenters. The van der Waals surface area contributed by atoms with Crippen molar-refractivity contribution in [3.63, 3.8) is 0 Å². The van der Waals surface area contributed by atoms with Crippen LogP contribution in [0.2, 0.25) is 0 Å². The molecule has 68 valence electrons. The lowest BCUT2D eigenvalue weighted by molar-refractivity contribution is 0.480. The Labute approximate surface area is 94.5 Å². The molecule has 0 bridgehead atoms. The van der Waals surface area contributed by atoms with E-state index in [4.69, 9.17) is 0 Å². The monoisotopic (exact) mass is 304 g/mol. The summed E-state index contributed by atoms with van der Waals surface area (Å²) in [5.74, 6) is 0.441. The number of hydrogen-bond donors (Lipinski definition) is 1. The van der Waals surface area contributed by atoms with Gasteiger partial charge in [0.25, 0.3) is 0 Å². The molecule has 0 fully saturated rings. The van der Waals surface area contributed by atoms with Crippen LogP contribution in [0, 0.1) is 2.88 Å². The second-order valence-electron chi connectivity index (χ2n) is 2.87. The van der Waals surface area contributed by atoms with Crippen LogP contribution in [-0.2, 0) is 6.42 Å². The van der Waals surface area contributed by atoms with Gasteiger partial charge in [0.2, 0.25) is 0 Å². The number of aryl methyl sites for hydroxylation is 1. The number of hydrogen-bond acceptors (Lipinski definition) is 2. The average Bonchev–Trinajstić information content (AvgIpc) is 2.43. The van der Waals surface area contributed by atoms with E-state index in [2.05, 4.69) is 35.6 Å². The van der Waals surface area contributed by atoms with E-state index in [1.807, 2.05) is 12.1 Å². The minimum Gasteiger partial charge on any atom is -0.505 e. The molecule has 0 radical (unpaired) electrons. The van der Waals surface area contributed by atoms with Crippen LogP contribution in [0.1, 0.15) is 12.5 Å². The normalized spacial score (nSPS) is 10.9. The molecule has 0 saturated heterocycles. The van der Waals surface area contributed by atoms with Gasteiger partial charge >= 0.3 is 0 Å². The third kappa shape index (κ3) is 1.44. The lowest BCUT2D eigenvalue weighted by Crippen LogP contribution is -1.77. The molecule has 13 heavy (non-hydrogen) atoms. The maximum absolute atomic E-state index is 9.72. The van der Waals surface area contributed by atoms with E-state index in [1.54, 1.807) is 11.3 Å². The van der Waals surface area contributed by atoms with Crippen molar-refractivity contribution in [2.75, 3.05) is 0 Å². The van der Waals surface area contributed by atoms with Gasteiger partial charge < -0.3 is 5.11 Å². The fraction of sp³-hybridized carbons (Fsp3) is 0.200. The fourth-order valence-corrected chi connectivity index (χ4v) is 3.37. The van der Waals surface area contributed by atoms with E-state index in [-0.39, 0.29) is 0 Å². The van der Waals surface area contributed by atoms with E-state index in [0.29, 0.717) is 5.75 Å². The number of benzene rings is 1. The van der Waals surface area contributed by atoms with Crippen LogP contribution in [0.5, 0.6) is 5.75 Å². The van der Waals surface area contributed by atoms with Gasteiger partial charge in [0, 0.05) is 10.1 Å². The highest BCUT2D eigenvalue weighted by Crippen LogP contribution is 2.39. The maximum atomic E-state index is 9.72. The second-order valence-corrected chi connectivity index (χ2v) is 5.70. The first-order valence-electron chi connectivity index (χ1n) is 4.13. The van der Waals surface area contributed by atoms with Crippen molar-refractivity contribution in [3.8, 4) is 5.75 Å². The van der Waals surface area contributed by atoms with Gasteiger partial charge in [0.15, 0.2) is 0 Å². The van der Waals surface area contributed by atoms with E-state index in [1.165, 1.54) is 10.3 Å².